The summed E-state index contributed by atoms with van der Waals surface area (Å²) in [6, 6.07) is 2.39. The van der Waals surface area contributed by atoms with E-state index in [4.69, 9.17) is 5.21 Å². The van der Waals surface area contributed by atoms with Gasteiger partial charge in [0.15, 0.2) is 0 Å². The Morgan fingerprint density at radius 2 is 2.20 bits per heavy atom. The summed E-state index contributed by atoms with van der Waals surface area (Å²) >= 11 is 0. The average Bonchev–Trinajstić information content (AvgIpc) is 3.04. The van der Waals surface area contributed by atoms with Crippen LogP contribution < -0.4 is 5.48 Å². The number of fused-ring (bicyclic) bond motifs is 1. The molecular formula is C18H24N4O3. The van der Waals surface area contributed by atoms with Crippen molar-refractivity contribution in [2.45, 2.75) is 45.2 Å². The van der Waals surface area contributed by atoms with E-state index in [-0.39, 0.29) is 5.91 Å². The van der Waals surface area contributed by atoms with Crippen LogP contribution in [0.4, 0.5) is 0 Å². The van der Waals surface area contributed by atoms with Gasteiger partial charge in [-0.25, -0.2) is 5.48 Å². The Bertz CT molecular complexity index is 714. The van der Waals surface area contributed by atoms with Crippen LogP contribution in [-0.2, 0) is 17.8 Å². The molecule has 1 aromatic rings. The van der Waals surface area contributed by atoms with E-state index in [1.165, 1.54) is 19.0 Å². The minimum atomic E-state index is -0.518. The Balaban J connectivity index is 1.40. The summed E-state index contributed by atoms with van der Waals surface area (Å²) in [5, 5.41) is 8.75. The number of carbonyl (C=O) groups is 2. The van der Waals surface area contributed by atoms with Crippen molar-refractivity contribution in [2.75, 3.05) is 19.6 Å². The van der Waals surface area contributed by atoms with Crippen LogP contribution in [0.25, 0.3) is 0 Å². The van der Waals surface area contributed by atoms with Gasteiger partial charge in [-0.3, -0.25) is 24.7 Å². The fraction of sp³-hybridized carbons (Fsp3) is 0.611. The van der Waals surface area contributed by atoms with E-state index in [0.29, 0.717) is 17.0 Å². The number of carbonyl (C=O) groups excluding carboxylic acids is 2. The predicted octanol–water partition coefficient (Wildman–Crippen LogP) is 0.960. The van der Waals surface area contributed by atoms with E-state index in [0.717, 1.165) is 50.3 Å². The monoisotopic (exact) mass is 344 g/mol. The van der Waals surface area contributed by atoms with E-state index in [1.54, 1.807) is 12.4 Å². The molecule has 7 nitrogen and oxygen atoms in total. The van der Waals surface area contributed by atoms with Crippen molar-refractivity contribution >= 4 is 11.8 Å². The first kappa shape index (κ1) is 16.5. The smallest absolute Gasteiger partial charge is 0.276 e. The summed E-state index contributed by atoms with van der Waals surface area (Å²) < 4.78 is 0. The SMILES string of the molecule is CC(=O)N1CC2(CCC(N3CCc4cc(C(=O)NO)cnc4C3)C2)C1. The largest absolute Gasteiger partial charge is 0.342 e. The van der Waals surface area contributed by atoms with Crippen LogP contribution in [0.1, 0.15) is 47.8 Å². The van der Waals surface area contributed by atoms with Gasteiger partial charge in [-0.15, -0.1) is 0 Å². The number of rotatable bonds is 2. The van der Waals surface area contributed by atoms with Crippen LogP contribution >= 0.6 is 0 Å². The van der Waals surface area contributed by atoms with Crippen molar-refractivity contribution in [3.63, 3.8) is 0 Å². The lowest BCUT2D eigenvalue weighted by Crippen LogP contribution is -2.57. The Morgan fingerprint density at radius 1 is 1.40 bits per heavy atom. The molecule has 0 bridgehead atoms. The number of pyridine rings is 1. The van der Waals surface area contributed by atoms with Gasteiger partial charge in [0.1, 0.15) is 0 Å². The molecule has 1 atom stereocenters. The van der Waals surface area contributed by atoms with Crippen molar-refractivity contribution < 1.29 is 14.8 Å². The van der Waals surface area contributed by atoms with Crippen molar-refractivity contribution in [1.82, 2.24) is 20.3 Å². The molecule has 3 heterocycles. The minimum absolute atomic E-state index is 0.188. The lowest BCUT2D eigenvalue weighted by molar-refractivity contribution is -0.140. The molecule has 25 heavy (non-hydrogen) atoms. The van der Waals surface area contributed by atoms with Crippen molar-refractivity contribution in [3.05, 3.63) is 29.1 Å². The van der Waals surface area contributed by atoms with Crippen LogP contribution in [0.15, 0.2) is 12.3 Å². The van der Waals surface area contributed by atoms with Crippen molar-refractivity contribution in [3.8, 4) is 0 Å². The fourth-order valence-electron chi connectivity index (χ4n) is 4.70. The molecule has 1 saturated carbocycles. The molecule has 3 aliphatic rings. The molecule has 0 aromatic carbocycles. The summed E-state index contributed by atoms with van der Waals surface area (Å²) in [6.07, 6.45) is 5.95. The van der Waals surface area contributed by atoms with Gasteiger partial charge in [-0.2, -0.15) is 0 Å². The number of aromatic nitrogens is 1. The topological polar surface area (TPSA) is 85.8 Å². The summed E-state index contributed by atoms with van der Waals surface area (Å²) in [5.41, 5.74) is 4.52. The standard InChI is InChI=1S/C18H24N4O3/c1-12(23)22-10-18(11-22)4-2-15(7-18)21-5-3-13-6-14(17(24)20-25)8-19-16(13)9-21/h6,8,15,25H,2-5,7,9-11H2,1H3,(H,20,24). The van der Waals surface area contributed by atoms with Gasteiger partial charge in [0.05, 0.1) is 11.3 Å². The third-order valence-electron chi connectivity index (χ3n) is 6.14. The van der Waals surface area contributed by atoms with Crippen LogP contribution in [0.3, 0.4) is 0 Å². The summed E-state index contributed by atoms with van der Waals surface area (Å²) in [7, 11) is 0. The highest BCUT2D eigenvalue weighted by atomic mass is 16.5. The van der Waals surface area contributed by atoms with Gasteiger partial charge in [0.2, 0.25) is 5.91 Å². The lowest BCUT2D eigenvalue weighted by Gasteiger charge is -2.48. The van der Waals surface area contributed by atoms with Gasteiger partial charge >= 0.3 is 0 Å². The van der Waals surface area contributed by atoms with Crippen LogP contribution in [-0.4, -0.2) is 57.5 Å². The zero-order chi connectivity index (χ0) is 17.6. The first-order valence-corrected chi connectivity index (χ1v) is 8.91. The maximum atomic E-state index is 11.5. The number of amides is 2. The second-order valence-electron chi connectivity index (χ2n) is 7.76. The molecule has 1 saturated heterocycles. The number of nitrogens with zero attached hydrogens (tertiary/aromatic N) is 3. The third-order valence-corrected chi connectivity index (χ3v) is 6.14. The molecule has 1 aromatic heterocycles. The molecule has 1 spiro atoms. The van der Waals surface area contributed by atoms with Gasteiger partial charge in [-0.05, 0) is 37.3 Å². The van der Waals surface area contributed by atoms with Gasteiger partial charge in [0, 0.05) is 50.8 Å². The first-order valence-electron chi connectivity index (χ1n) is 8.91. The van der Waals surface area contributed by atoms with E-state index in [2.05, 4.69) is 9.88 Å². The molecule has 0 radical (unpaired) electrons. The molecule has 1 unspecified atom stereocenters. The minimum Gasteiger partial charge on any atom is -0.342 e. The predicted molar refractivity (Wildman–Crippen MR) is 89.9 cm³/mol. The normalized spacial score (nSPS) is 24.7. The van der Waals surface area contributed by atoms with Gasteiger partial charge in [-0.1, -0.05) is 0 Å². The Labute approximate surface area is 147 Å². The molecule has 2 amide bonds. The maximum Gasteiger partial charge on any atom is 0.276 e. The average molecular weight is 344 g/mol. The highest BCUT2D eigenvalue weighted by Gasteiger charge is 2.50. The number of hydroxylamine groups is 1. The van der Waals surface area contributed by atoms with E-state index >= 15 is 0 Å². The fourth-order valence-corrected chi connectivity index (χ4v) is 4.70. The molecule has 134 valence electrons. The molecule has 7 heteroatoms. The Hall–Kier alpha value is -1.99. The van der Waals surface area contributed by atoms with Crippen LogP contribution in [0.5, 0.6) is 0 Å². The zero-order valence-electron chi connectivity index (χ0n) is 14.5. The van der Waals surface area contributed by atoms with Crippen LogP contribution in [0.2, 0.25) is 0 Å². The maximum absolute atomic E-state index is 11.5. The second-order valence-corrected chi connectivity index (χ2v) is 7.76. The molecular weight excluding hydrogens is 320 g/mol. The van der Waals surface area contributed by atoms with Crippen molar-refractivity contribution in [1.29, 1.82) is 0 Å². The number of hydrogen-bond donors (Lipinski definition) is 2. The number of likely N-dealkylation sites (tertiary alicyclic amines) is 1. The first-order chi connectivity index (χ1) is 12.0. The second kappa shape index (κ2) is 6.07. The molecule has 1 aliphatic carbocycles. The summed E-state index contributed by atoms with van der Waals surface area (Å²) in [5.74, 6) is -0.330. The van der Waals surface area contributed by atoms with E-state index in [1.807, 2.05) is 11.0 Å². The zero-order valence-corrected chi connectivity index (χ0v) is 14.5. The molecule has 2 fully saturated rings. The highest BCUT2D eigenvalue weighted by Crippen LogP contribution is 2.47. The van der Waals surface area contributed by atoms with Crippen LogP contribution in [0, 0.1) is 5.41 Å². The molecule has 2 aliphatic heterocycles. The summed E-state index contributed by atoms with van der Waals surface area (Å²) in [6.45, 7) is 5.27. The quantitative estimate of drug-likeness (QED) is 0.616. The van der Waals surface area contributed by atoms with Crippen molar-refractivity contribution in [2.24, 2.45) is 5.41 Å². The third kappa shape index (κ3) is 2.91. The van der Waals surface area contributed by atoms with E-state index in [9.17, 15) is 9.59 Å². The highest BCUT2D eigenvalue weighted by molar-refractivity contribution is 5.93. The van der Waals surface area contributed by atoms with E-state index < -0.39 is 5.91 Å². The number of nitrogens with one attached hydrogen (secondary N) is 1. The Morgan fingerprint density at radius 3 is 2.92 bits per heavy atom. The number of hydrogen-bond acceptors (Lipinski definition) is 5. The lowest BCUT2D eigenvalue weighted by atomic mass is 9.78. The molecule has 4 rings (SSSR count). The molecule has 2 N–H and O–H groups in total. The Kier molecular flexibility index (Phi) is 4.00. The summed E-state index contributed by atoms with van der Waals surface area (Å²) in [4.78, 5) is 31.9. The van der Waals surface area contributed by atoms with Gasteiger partial charge < -0.3 is 4.90 Å². The van der Waals surface area contributed by atoms with Gasteiger partial charge in [0.25, 0.3) is 5.91 Å².